The Morgan fingerprint density at radius 3 is 2.80 bits per heavy atom. The maximum absolute atomic E-state index is 12.5. The van der Waals surface area contributed by atoms with Crippen molar-refractivity contribution in [2.24, 2.45) is 5.92 Å². The summed E-state index contributed by atoms with van der Waals surface area (Å²) in [4.78, 5) is 14.5. The first kappa shape index (κ1) is 15.0. The number of methoxy groups -OCH3 is 1. The van der Waals surface area contributed by atoms with Gasteiger partial charge in [0.15, 0.2) is 0 Å². The standard InChI is InChI=1S/C16H24N2O2/c1-17-11-13-6-8-18(9-7-13)16(19)15-5-3-4-14(10-15)12-20-2/h3-5,10,13,17H,6-9,11-12H2,1-2H3. The van der Waals surface area contributed by atoms with Crippen molar-refractivity contribution in [3.8, 4) is 0 Å². The van der Waals surface area contributed by atoms with Crippen molar-refractivity contribution >= 4 is 5.91 Å². The van der Waals surface area contributed by atoms with Gasteiger partial charge in [-0.15, -0.1) is 0 Å². The average Bonchev–Trinajstić information content (AvgIpc) is 2.48. The van der Waals surface area contributed by atoms with Crippen LogP contribution in [-0.4, -0.2) is 44.6 Å². The smallest absolute Gasteiger partial charge is 0.253 e. The molecule has 0 spiro atoms. The number of amides is 1. The Morgan fingerprint density at radius 1 is 1.40 bits per heavy atom. The van der Waals surface area contributed by atoms with Gasteiger partial charge in [0.2, 0.25) is 0 Å². The number of hydrogen-bond acceptors (Lipinski definition) is 3. The van der Waals surface area contributed by atoms with Crippen LogP contribution in [0.4, 0.5) is 0 Å². The predicted molar refractivity (Wildman–Crippen MR) is 79.7 cm³/mol. The number of piperidine rings is 1. The number of nitrogens with zero attached hydrogens (tertiary/aromatic N) is 1. The van der Waals surface area contributed by atoms with Crippen molar-refractivity contribution in [2.75, 3.05) is 33.8 Å². The molecule has 20 heavy (non-hydrogen) atoms. The van der Waals surface area contributed by atoms with Gasteiger partial charge in [-0.1, -0.05) is 12.1 Å². The molecule has 0 aliphatic carbocycles. The average molecular weight is 276 g/mol. The number of nitrogens with one attached hydrogen (secondary N) is 1. The highest BCUT2D eigenvalue weighted by molar-refractivity contribution is 5.94. The van der Waals surface area contributed by atoms with Crippen LogP contribution < -0.4 is 5.32 Å². The lowest BCUT2D eigenvalue weighted by molar-refractivity contribution is 0.0690. The molecule has 1 heterocycles. The van der Waals surface area contributed by atoms with E-state index in [1.165, 1.54) is 0 Å². The van der Waals surface area contributed by atoms with E-state index in [-0.39, 0.29) is 5.91 Å². The predicted octanol–water partition coefficient (Wildman–Crippen LogP) is 1.90. The number of hydrogen-bond donors (Lipinski definition) is 1. The molecule has 2 rings (SSSR count). The van der Waals surface area contributed by atoms with Crippen molar-refractivity contribution < 1.29 is 9.53 Å². The minimum absolute atomic E-state index is 0.144. The molecule has 0 aromatic heterocycles. The van der Waals surface area contributed by atoms with E-state index in [1.54, 1.807) is 7.11 Å². The van der Waals surface area contributed by atoms with Gasteiger partial charge in [0.05, 0.1) is 6.61 Å². The van der Waals surface area contributed by atoms with Gasteiger partial charge < -0.3 is 15.0 Å². The third kappa shape index (κ3) is 3.81. The molecule has 0 bridgehead atoms. The number of carbonyl (C=O) groups is 1. The molecule has 1 saturated heterocycles. The summed E-state index contributed by atoms with van der Waals surface area (Å²) in [6, 6.07) is 7.74. The Morgan fingerprint density at radius 2 is 2.15 bits per heavy atom. The lowest BCUT2D eigenvalue weighted by atomic mass is 9.96. The largest absolute Gasteiger partial charge is 0.380 e. The second kappa shape index (κ2) is 7.41. The first-order chi connectivity index (χ1) is 9.74. The molecule has 0 unspecified atom stereocenters. The van der Waals surface area contributed by atoms with Crippen molar-refractivity contribution in [1.29, 1.82) is 0 Å². The number of benzene rings is 1. The van der Waals surface area contributed by atoms with Crippen molar-refractivity contribution in [3.63, 3.8) is 0 Å². The Hall–Kier alpha value is -1.39. The number of likely N-dealkylation sites (tertiary alicyclic amines) is 1. The van der Waals surface area contributed by atoms with Crippen molar-refractivity contribution in [2.45, 2.75) is 19.4 Å². The molecule has 1 aromatic rings. The van der Waals surface area contributed by atoms with E-state index in [0.717, 1.165) is 43.6 Å². The van der Waals surface area contributed by atoms with Crippen LogP contribution in [0, 0.1) is 5.92 Å². The molecule has 1 fully saturated rings. The fraction of sp³-hybridized carbons (Fsp3) is 0.562. The van der Waals surface area contributed by atoms with Crippen molar-refractivity contribution in [1.82, 2.24) is 10.2 Å². The highest BCUT2D eigenvalue weighted by Gasteiger charge is 2.23. The fourth-order valence-corrected chi connectivity index (χ4v) is 2.77. The van der Waals surface area contributed by atoms with E-state index in [9.17, 15) is 4.79 Å². The van der Waals surface area contributed by atoms with Gasteiger partial charge in [-0.2, -0.15) is 0 Å². The topological polar surface area (TPSA) is 41.6 Å². The number of rotatable bonds is 5. The van der Waals surface area contributed by atoms with Crippen LogP contribution in [0.3, 0.4) is 0 Å². The van der Waals surface area contributed by atoms with E-state index in [2.05, 4.69) is 5.32 Å². The minimum Gasteiger partial charge on any atom is -0.380 e. The van der Waals surface area contributed by atoms with Crippen LogP contribution in [-0.2, 0) is 11.3 Å². The van der Waals surface area contributed by atoms with E-state index >= 15 is 0 Å². The lowest BCUT2D eigenvalue weighted by Gasteiger charge is -2.32. The minimum atomic E-state index is 0.144. The zero-order valence-corrected chi connectivity index (χ0v) is 12.4. The summed E-state index contributed by atoms with van der Waals surface area (Å²) in [6.07, 6.45) is 2.18. The van der Waals surface area contributed by atoms with Crippen LogP contribution in [0.1, 0.15) is 28.8 Å². The van der Waals surface area contributed by atoms with Gasteiger partial charge in [0.25, 0.3) is 5.91 Å². The zero-order valence-electron chi connectivity index (χ0n) is 12.4. The maximum Gasteiger partial charge on any atom is 0.253 e. The molecule has 1 aromatic carbocycles. The summed E-state index contributed by atoms with van der Waals surface area (Å²) in [6.45, 7) is 3.32. The van der Waals surface area contributed by atoms with Gasteiger partial charge >= 0.3 is 0 Å². The van der Waals surface area contributed by atoms with Gasteiger partial charge in [0, 0.05) is 25.8 Å². The monoisotopic (exact) mass is 276 g/mol. The van der Waals surface area contributed by atoms with Gasteiger partial charge in [-0.25, -0.2) is 0 Å². The molecule has 4 nitrogen and oxygen atoms in total. The highest BCUT2D eigenvalue weighted by Crippen LogP contribution is 2.19. The van der Waals surface area contributed by atoms with Crippen LogP contribution >= 0.6 is 0 Å². The Kier molecular flexibility index (Phi) is 5.56. The molecule has 110 valence electrons. The fourth-order valence-electron chi connectivity index (χ4n) is 2.77. The lowest BCUT2D eigenvalue weighted by Crippen LogP contribution is -2.40. The first-order valence-electron chi connectivity index (χ1n) is 7.26. The normalized spacial score (nSPS) is 16.4. The molecule has 0 atom stereocenters. The Bertz CT molecular complexity index is 440. The van der Waals surface area contributed by atoms with Crippen LogP contribution in [0.2, 0.25) is 0 Å². The van der Waals surface area contributed by atoms with E-state index in [4.69, 9.17) is 4.74 Å². The van der Waals surface area contributed by atoms with Crippen molar-refractivity contribution in [3.05, 3.63) is 35.4 Å². The van der Waals surface area contributed by atoms with Gasteiger partial charge in [-0.3, -0.25) is 4.79 Å². The van der Waals surface area contributed by atoms with Crippen LogP contribution in [0.5, 0.6) is 0 Å². The zero-order chi connectivity index (χ0) is 14.4. The molecule has 1 aliphatic heterocycles. The molecular weight excluding hydrogens is 252 g/mol. The first-order valence-corrected chi connectivity index (χ1v) is 7.26. The van der Waals surface area contributed by atoms with E-state index in [1.807, 2.05) is 36.2 Å². The Balaban J connectivity index is 1.96. The maximum atomic E-state index is 12.5. The second-order valence-electron chi connectivity index (χ2n) is 5.43. The number of ether oxygens (including phenoxy) is 1. The summed E-state index contributed by atoms with van der Waals surface area (Å²) >= 11 is 0. The van der Waals surface area contributed by atoms with Crippen LogP contribution in [0.15, 0.2) is 24.3 Å². The molecule has 0 saturated carbocycles. The second-order valence-corrected chi connectivity index (χ2v) is 5.43. The molecular formula is C16H24N2O2. The molecule has 0 radical (unpaired) electrons. The summed E-state index contributed by atoms with van der Waals surface area (Å²) in [5, 5.41) is 3.22. The molecule has 1 amide bonds. The molecule has 1 N–H and O–H groups in total. The molecule has 4 heteroatoms. The van der Waals surface area contributed by atoms with Gasteiger partial charge in [-0.05, 0) is 50.0 Å². The number of carbonyl (C=O) groups excluding carboxylic acids is 1. The summed E-state index contributed by atoms with van der Waals surface area (Å²) in [5.41, 5.74) is 1.81. The third-order valence-corrected chi connectivity index (χ3v) is 3.88. The van der Waals surface area contributed by atoms with E-state index in [0.29, 0.717) is 12.5 Å². The van der Waals surface area contributed by atoms with E-state index < -0.39 is 0 Å². The highest BCUT2D eigenvalue weighted by atomic mass is 16.5. The summed E-state index contributed by atoms with van der Waals surface area (Å²) in [7, 11) is 3.65. The third-order valence-electron chi connectivity index (χ3n) is 3.88. The SMILES string of the molecule is CNCC1CCN(C(=O)c2cccc(COC)c2)CC1. The molecule has 1 aliphatic rings. The summed E-state index contributed by atoms with van der Waals surface area (Å²) in [5.74, 6) is 0.842. The van der Waals surface area contributed by atoms with Crippen LogP contribution in [0.25, 0.3) is 0 Å². The quantitative estimate of drug-likeness (QED) is 0.893. The van der Waals surface area contributed by atoms with Gasteiger partial charge in [0.1, 0.15) is 0 Å². The summed E-state index contributed by atoms with van der Waals surface area (Å²) < 4.78 is 5.12. The Labute approximate surface area is 121 Å².